The van der Waals surface area contributed by atoms with Crippen molar-refractivity contribution in [3.8, 4) is 11.6 Å². The molecule has 0 bridgehead atoms. The van der Waals surface area contributed by atoms with Crippen LogP contribution in [0.15, 0.2) is 40.8 Å². The van der Waals surface area contributed by atoms with Crippen molar-refractivity contribution in [2.24, 2.45) is 0 Å². The summed E-state index contributed by atoms with van der Waals surface area (Å²) in [7, 11) is 0. The molecule has 0 saturated heterocycles. The number of imidazole rings is 1. The van der Waals surface area contributed by atoms with Crippen molar-refractivity contribution in [1.29, 1.82) is 0 Å². The fraction of sp³-hybridized carbons (Fsp3) is 0.250. The fourth-order valence-corrected chi connectivity index (χ4v) is 2.39. The summed E-state index contributed by atoms with van der Waals surface area (Å²) < 4.78 is 7.67. The summed E-state index contributed by atoms with van der Waals surface area (Å²) in [6, 6.07) is 11.5. The maximum Gasteiger partial charge on any atom is 0.305 e. The molecule has 2 aromatic heterocycles. The number of hydrogen-bond donors (Lipinski definition) is 1. The molecule has 1 aromatic carbocycles. The first-order valence-electron chi connectivity index (χ1n) is 6.95. The van der Waals surface area contributed by atoms with E-state index in [2.05, 4.69) is 4.98 Å². The van der Waals surface area contributed by atoms with Crippen LogP contribution in [0.5, 0.6) is 0 Å². The van der Waals surface area contributed by atoms with Gasteiger partial charge in [0.2, 0.25) is 0 Å². The van der Waals surface area contributed by atoms with Gasteiger partial charge < -0.3 is 14.1 Å². The van der Waals surface area contributed by atoms with Crippen molar-refractivity contribution in [3.63, 3.8) is 0 Å². The van der Waals surface area contributed by atoms with Gasteiger partial charge in [-0.15, -0.1) is 0 Å². The highest BCUT2D eigenvalue weighted by molar-refractivity contribution is 5.80. The molecule has 0 amide bonds. The number of fused-ring (bicyclic) bond motifs is 1. The Morgan fingerprint density at radius 1 is 1.29 bits per heavy atom. The van der Waals surface area contributed by atoms with Crippen LogP contribution in [0.3, 0.4) is 0 Å². The van der Waals surface area contributed by atoms with E-state index in [0.29, 0.717) is 18.1 Å². The number of nitrogens with zero attached hydrogens (tertiary/aromatic N) is 2. The standard InChI is InChI=1S/C16H16N2O3/c1-2-11-7-8-14(21-11)16-17-12-5-3-4-6-13(12)18(16)10-9-15(19)20/h3-8H,2,9-10H2,1H3,(H,19,20). The lowest BCUT2D eigenvalue weighted by molar-refractivity contribution is -0.137. The first-order chi connectivity index (χ1) is 10.2. The van der Waals surface area contributed by atoms with Gasteiger partial charge in [0.1, 0.15) is 5.76 Å². The number of carboxylic acids is 1. The van der Waals surface area contributed by atoms with Gasteiger partial charge in [-0.25, -0.2) is 4.98 Å². The van der Waals surface area contributed by atoms with Crippen molar-refractivity contribution in [2.45, 2.75) is 26.3 Å². The Bertz CT molecular complexity index is 786. The third-order valence-electron chi connectivity index (χ3n) is 3.43. The lowest BCUT2D eigenvalue weighted by Gasteiger charge is -2.05. The van der Waals surface area contributed by atoms with Gasteiger partial charge in [-0.3, -0.25) is 4.79 Å². The van der Waals surface area contributed by atoms with Gasteiger partial charge >= 0.3 is 5.97 Å². The quantitative estimate of drug-likeness (QED) is 0.780. The molecule has 0 unspecified atom stereocenters. The average Bonchev–Trinajstić information content (AvgIpc) is 3.09. The van der Waals surface area contributed by atoms with Crippen molar-refractivity contribution >= 4 is 17.0 Å². The molecule has 0 atom stereocenters. The zero-order valence-corrected chi connectivity index (χ0v) is 11.7. The third-order valence-corrected chi connectivity index (χ3v) is 3.43. The van der Waals surface area contributed by atoms with Crippen LogP contribution in [0, 0.1) is 0 Å². The van der Waals surface area contributed by atoms with Gasteiger partial charge in [-0.1, -0.05) is 19.1 Å². The molecule has 5 nitrogen and oxygen atoms in total. The molecular formula is C16H16N2O3. The van der Waals surface area contributed by atoms with E-state index in [-0.39, 0.29) is 6.42 Å². The highest BCUT2D eigenvalue weighted by Crippen LogP contribution is 2.26. The summed E-state index contributed by atoms with van der Waals surface area (Å²) in [6.07, 6.45) is 0.865. The largest absolute Gasteiger partial charge is 0.481 e. The second kappa shape index (κ2) is 5.44. The normalized spacial score (nSPS) is 11.1. The minimum Gasteiger partial charge on any atom is -0.481 e. The van der Waals surface area contributed by atoms with Crippen molar-refractivity contribution in [2.75, 3.05) is 0 Å². The van der Waals surface area contributed by atoms with E-state index in [4.69, 9.17) is 9.52 Å². The summed E-state index contributed by atoms with van der Waals surface area (Å²) in [5, 5.41) is 8.93. The molecular weight excluding hydrogens is 268 g/mol. The maximum atomic E-state index is 10.9. The molecule has 3 aromatic rings. The SMILES string of the molecule is CCc1ccc(-c2nc3ccccc3n2CCC(=O)O)o1. The molecule has 108 valence electrons. The molecule has 0 aliphatic heterocycles. The number of benzene rings is 1. The number of carbonyl (C=O) groups is 1. The highest BCUT2D eigenvalue weighted by atomic mass is 16.4. The molecule has 0 spiro atoms. The summed E-state index contributed by atoms with van der Waals surface area (Å²) in [5.74, 6) is 1.42. The lowest BCUT2D eigenvalue weighted by atomic mass is 10.3. The van der Waals surface area contributed by atoms with Crippen LogP contribution in [-0.4, -0.2) is 20.6 Å². The first kappa shape index (κ1) is 13.4. The van der Waals surface area contributed by atoms with E-state index in [1.807, 2.05) is 47.9 Å². The summed E-state index contributed by atoms with van der Waals surface area (Å²) >= 11 is 0. The Kier molecular flexibility index (Phi) is 3.48. The number of carboxylic acid groups (broad SMARTS) is 1. The number of rotatable bonds is 5. The van der Waals surface area contributed by atoms with E-state index in [0.717, 1.165) is 23.2 Å². The monoisotopic (exact) mass is 284 g/mol. The van der Waals surface area contributed by atoms with Gasteiger partial charge in [-0.2, -0.15) is 0 Å². The van der Waals surface area contributed by atoms with Crippen LogP contribution in [0.1, 0.15) is 19.1 Å². The zero-order valence-electron chi connectivity index (χ0n) is 11.7. The van der Waals surface area contributed by atoms with E-state index in [1.165, 1.54) is 0 Å². The van der Waals surface area contributed by atoms with Crippen molar-refractivity contribution in [3.05, 3.63) is 42.2 Å². The van der Waals surface area contributed by atoms with Gasteiger partial charge in [-0.05, 0) is 24.3 Å². The lowest BCUT2D eigenvalue weighted by Crippen LogP contribution is -2.05. The molecule has 21 heavy (non-hydrogen) atoms. The van der Waals surface area contributed by atoms with E-state index in [9.17, 15) is 4.79 Å². The molecule has 0 aliphatic rings. The number of aliphatic carboxylic acids is 1. The molecule has 0 radical (unpaired) electrons. The molecule has 0 aliphatic carbocycles. The number of aromatic nitrogens is 2. The van der Waals surface area contributed by atoms with Crippen LogP contribution < -0.4 is 0 Å². The average molecular weight is 284 g/mol. The van der Waals surface area contributed by atoms with Crippen LogP contribution >= 0.6 is 0 Å². The minimum atomic E-state index is -0.826. The van der Waals surface area contributed by atoms with Crippen LogP contribution in [-0.2, 0) is 17.8 Å². The fourth-order valence-electron chi connectivity index (χ4n) is 2.39. The van der Waals surface area contributed by atoms with Crippen molar-refractivity contribution in [1.82, 2.24) is 9.55 Å². The molecule has 0 fully saturated rings. The summed E-state index contributed by atoms with van der Waals surface area (Å²) in [5.41, 5.74) is 1.76. The Morgan fingerprint density at radius 2 is 2.10 bits per heavy atom. The highest BCUT2D eigenvalue weighted by Gasteiger charge is 2.16. The van der Waals surface area contributed by atoms with Gasteiger partial charge in [0.25, 0.3) is 0 Å². The molecule has 3 rings (SSSR count). The van der Waals surface area contributed by atoms with Gasteiger partial charge in [0.15, 0.2) is 11.6 Å². The van der Waals surface area contributed by atoms with Crippen LogP contribution in [0.2, 0.25) is 0 Å². The Balaban J connectivity index is 2.11. The second-order valence-electron chi connectivity index (χ2n) is 4.84. The predicted octanol–water partition coefficient (Wildman–Crippen LogP) is 3.33. The number of aryl methyl sites for hydroxylation is 2. The third kappa shape index (κ3) is 2.54. The second-order valence-corrected chi connectivity index (χ2v) is 4.84. The first-order valence-corrected chi connectivity index (χ1v) is 6.95. The summed E-state index contributed by atoms with van der Waals surface area (Å²) in [6.45, 7) is 2.39. The number of hydrogen-bond acceptors (Lipinski definition) is 3. The molecule has 0 saturated carbocycles. The maximum absolute atomic E-state index is 10.9. The molecule has 5 heteroatoms. The smallest absolute Gasteiger partial charge is 0.305 e. The predicted molar refractivity (Wildman–Crippen MR) is 79.1 cm³/mol. The Morgan fingerprint density at radius 3 is 2.81 bits per heavy atom. The Labute approximate surface area is 121 Å². The topological polar surface area (TPSA) is 68.3 Å². The zero-order chi connectivity index (χ0) is 14.8. The minimum absolute atomic E-state index is 0.0503. The van der Waals surface area contributed by atoms with Crippen LogP contribution in [0.25, 0.3) is 22.6 Å². The van der Waals surface area contributed by atoms with E-state index < -0.39 is 5.97 Å². The number of para-hydroxylation sites is 2. The number of furan rings is 1. The molecule has 1 N–H and O–H groups in total. The van der Waals surface area contributed by atoms with Crippen LogP contribution in [0.4, 0.5) is 0 Å². The van der Waals surface area contributed by atoms with Gasteiger partial charge in [0, 0.05) is 13.0 Å². The van der Waals surface area contributed by atoms with E-state index in [1.54, 1.807) is 0 Å². The Hall–Kier alpha value is -2.56. The van der Waals surface area contributed by atoms with Crippen molar-refractivity contribution < 1.29 is 14.3 Å². The van der Waals surface area contributed by atoms with Gasteiger partial charge in [0.05, 0.1) is 17.5 Å². The summed E-state index contributed by atoms with van der Waals surface area (Å²) in [4.78, 5) is 15.5. The molecule has 2 heterocycles. The van der Waals surface area contributed by atoms with E-state index >= 15 is 0 Å².